The molecule has 2 N–H and O–H groups in total. The Balaban J connectivity index is 1.94. The number of pyridine rings is 2. The molecule has 0 saturated carbocycles. The topological polar surface area (TPSA) is 78.1 Å². The molecule has 2 amide bonds. The van der Waals surface area contributed by atoms with Crippen molar-refractivity contribution in [2.75, 3.05) is 12.4 Å². The van der Waals surface area contributed by atoms with Crippen LogP contribution >= 0.6 is 11.6 Å². The fraction of sp³-hybridized carbons (Fsp3) is 0.167. The number of nitrogens with one attached hydrogen (secondary N) is 2. The van der Waals surface area contributed by atoms with Crippen LogP contribution in [-0.4, -0.2) is 27.9 Å². The molecule has 27 heavy (non-hydrogen) atoms. The predicted molar refractivity (Wildman–Crippen MR) is 98.9 cm³/mol. The summed E-state index contributed by atoms with van der Waals surface area (Å²) in [5, 5.41) is 2.75. The van der Waals surface area contributed by atoms with Gasteiger partial charge in [0.2, 0.25) is 0 Å². The Morgan fingerprint density at radius 2 is 2.07 bits per heavy atom. The number of hydrogen-bond acceptors (Lipinski definition) is 3. The highest BCUT2D eigenvalue weighted by Crippen LogP contribution is 2.27. The maximum atomic E-state index is 14.1. The van der Waals surface area contributed by atoms with Crippen LogP contribution in [0.4, 0.5) is 19.3 Å². The summed E-state index contributed by atoms with van der Waals surface area (Å²) in [6.45, 7) is 1.70. The van der Waals surface area contributed by atoms with E-state index < -0.39 is 29.3 Å². The first-order valence-corrected chi connectivity index (χ1v) is 8.32. The van der Waals surface area contributed by atoms with Gasteiger partial charge in [-0.05, 0) is 36.1 Å². The number of benzene rings is 1. The largest absolute Gasteiger partial charge is 0.328 e. The SMILES string of the molecule is C[C@@H](c1c[nH]c(=O)c2c(F)c(F)ccc12)N(C)C(=O)Nc1ccnc(Cl)c1. The van der Waals surface area contributed by atoms with Gasteiger partial charge in [-0.3, -0.25) is 4.79 Å². The third kappa shape index (κ3) is 3.61. The first-order valence-electron chi connectivity index (χ1n) is 7.94. The maximum Gasteiger partial charge on any atom is 0.322 e. The predicted octanol–water partition coefficient (Wildman–Crippen LogP) is 4.08. The van der Waals surface area contributed by atoms with E-state index in [1.165, 1.54) is 29.4 Å². The lowest BCUT2D eigenvalue weighted by Crippen LogP contribution is -2.34. The average Bonchev–Trinajstić information content (AvgIpc) is 2.63. The molecule has 3 rings (SSSR count). The van der Waals surface area contributed by atoms with Crippen molar-refractivity contribution in [2.45, 2.75) is 13.0 Å². The summed E-state index contributed by atoms with van der Waals surface area (Å²) >= 11 is 5.80. The third-order valence-corrected chi connectivity index (χ3v) is 4.53. The van der Waals surface area contributed by atoms with Crippen LogP contribution in [0.2, 0.25) is 5.15 Å². The number of anilines is 1. The highest BCUT2D eigenvalue weighted by Gasteiger charge is 2.22. The van der Waals surface area contributed by atoms with E-state index in [9.17, 15) is 18.4 Å². The summed E-state index contributed by atoms with van der Waals surface area (Å²) in [5.74, 6) is -2.33. The molecule has 0 aliphatic rings. The summed E-state index contributed by atoms with van der Waals surface area (Å²) in [4.78, 5) is 32.0. The van der Waals surface area contributed by atoms with Crippen molar-refractivity contribution in [3.63, 3.8) is 0 Å². The Morgan fingerprint density at radius 3 is 2.78 bits per heavy atom. The van der Waals surface area contributed by atoms with Crippen LogP contribution in [0.25, 0.3) is 10.8 Å². The van der Waals surface area contributed by atoms with Crippen LogP contribution in [0.1, 0.15) is 18.5 Å². The minimum Gasteiger partial charge on any atom is -0.328 e. The Bertz CT molecular complexity index is 1090. The highest BCUT2D eigenvalue weighted by molar-refractivity contribution is 6.29. The molecule has 140 valence electrons. The molecule has 0 aliphatic heterocycles. The molecule has 0 radical (unpaired) electrons. The molecule has 3 aromatic rings. The number of halogens is 3. The van der Waals surface area contributed by atoms with Crippen molar-refractivity contribution in [1.82, 2.24) is 14.9 Å². The zero-order valence-corrected chi connectivity index (χ0v) is 15.1. The van der Waals surface area contributed by atoms with Crippen LogP contribution in [-0.2, 0) is 0 Å². The Labute approximate surface area is 157 Å². The van der Waals surface area contributed by atoms with E-state index in [4.69, 9.17) is 11.6 Å². The van der Waals surface area contributed by atoms with Gasteiger partial charge in [0.25, 0.3) is 5.56 Å². The average molecular weight is 393 g/mol. The van der Waals surface area contributed by atoms with E-state index in [-0.39, 0.29) is 15.9 Å². The van der Waals surface area contributed by atoms with E-state index in [1.54, 1.807) is 20.0 Å². The summed E-state index contributed by atoms with van der Waals surface area (Å²) < 4.78 is 27.6. The summed E-state index contributed by atoms with van der Waals surface area (Å²) in [6.07, 6.45) is 2.84. The number of amides is 2. The maximum absolute atomic E-state index is 14.1. The number of fused-ring (bicyclic) bond motifs is 1. The standard InChI is InChI=1S/C18H15ClF2N4O2/c1-9(25(2)18(27)24-10-5-6-22-14(19)7-10)12-8-23-17(26)15-11(12)3-4-13(20)16(15)21/h3-9H,1-2H3,(H,23,26)(H,22,24,27)/t9-/m0/s1. The van der Waals surface area contributed by atoms with Gasteiger partial charge in [0, 0.05) is 25.1 Å². The molecular formula is C18H15ClF2N4O2. The molecule has 0 aliphatic carbocycles. The van der Waals surface area contributed by atoms with Gasteiger partial charge in [-0.2, -0.15) is 0 Å². The number of rotatable bonds is 3. The van der Waals surface area contributed by atoms with E-state index in [1.807, 2.05) is 0 Å². The van der Waals surface area contributed by atoms with Crippen LogP contribution in [0.5, 0.6) is 0 Å². The first kappa shape index (κ1) is 18.8. The van der Waals surface area contributed by atoms with E-state index in [0.29, 0.717) is 11.3 Å². The Morgan fingerprint density at radius 1 is 1.33 bits per heavy atom. The van der Waals surface area contributed by atoms with Gasteiger partial charge >= 0.3 is 6.03 Å². The van der Waals surface area contributed by atoms with Crippen molar-refractivity contribution in [3.05, 3.63) is 69.4 Å². The second-order valence-corrected chi connectivity index (χ2v) is 6.33. The summed E-state index contributed by atoms with van der Waals surface area (Å²) in [6, 6.07) is 4.34. The van der Waals surface area contributed by atoms with Crippen LogP contribution in [0, 0.1) is 11.6 Å². The monoisotopic (exact) mass is 392 g/mol. The number of hydrogen-bond donors (Lipinski definition) is 2. The van der Waals surface area contributed by atoms with Crippen LogP contribution in [0.15, 0.2) is 41.5 Å². The van der Waals surface area contributed by atoms with Gasteiger partial charge < -0.3 is 15.2 Å². The lowest BCUT2D eigenvalue weighted by atomic mass is 10.0. The number of aromatic amines is 1. The van der Waals surface area contributed by atoms with Crippen molar-refractivity contribution < 1.29 is 13.6 Å². The molecule has 1 atom stereocenters. The van der Waals surface area contributed by atoms with Gasteiger partial charge in [-0.1, -0.05) is 17.7 Å². The van der Waals surface area contributed by atoms with Gasteiger partial charge in [0.15, 0.2) is 11.6 Å². The number of urea groups is 1. The third-order valence-electron chi connectivity index (χ3n) is 4.32. The fourth-order valence-corrected chi connectivity index (χ4v) is 2.90. The molecular weight excluding hydrogens is 378 g/mol. The Kier molecular flexibility index (Phi) is 5.09. The van der Waals surface area contributed by atoms with E-state index in [2.05, 4.69) is 15.3 Å². The van der Waals surface area contributed by atoms with E-state index in [0.717, 1.165) is 6.07 Å². The number of carbonyl (C=O) groups is 1. The molecule has 6 nitrogen and oxygen atoms in total. The van der Waals surface area contributed by atoms with Crippen LogP contribution in [0.3, 0.4) is 0 Å². The quantitative estimate of drug-likeness (QED) is 0.659. The van der Waals surface area contributed by atoms with Crippen LogP contribution < -0.4 is 10.9 Å². The van der Waals surface area contributed by atoms with Gasteiger partial charge in [0.05, 0.1) is 11.4 Å². The van der Waals surface area contributed by atoms with Crippen molar-refractivity contribution in [2.24, 2.45) is 0 Å². The number of carbonyl (C=O) groups excluding carboxylic acids is 1. The second kappa shape index (κ2) is 7.32. The lowest BCUT2D eigenvalue weighted by Gasteiger charge is -2.26. The normalized spacial score (nSPS) is 12.0. The highest BCUT2D eigenvalue weighted by atomic mass is 35.5. The number of H-pyrrole nitrogens is 1. The summed E-state index contributed by atoms with van der Waals surface area (Å²) in [7, 11) is 1.54. The molecule has 0 unspecified atom stereocenters. The minimum absolute atomic E-state index is 0.229. The van der Waals surface area contributed by atoms with Gasteiger partial charge in [-0.15, -0.1) is 0 Å². The van der Waals surface area contributed by atoms with Crippen molar-refractivity contribution in [1.29, 1.82) is 0 Å². The zero-order chi connectivity index (χ0) is 19.7. The lowest BCUT2D eigenvalue weighted by molar-refractivity contribution is 0.208. The molecule has 1 aromatic carbocycles. The number of aromatic nitrogens is 2. The Hall–Kier alpha value is -3.00. The molecule has 2 heterocycles. The fourth-order valence-electron chi connectivity index (χ4n) is 2.73. The molecule has 0 bridgehead atoms. The second-order valence-electron chi connectivity index (χ2n) is 5.94. The van der Waals surface area contributed by atoms with Gasteiger partial charge in [0.1, 0.15) is 5.15 Å². The first-order chi connectivity index (χ1) is 12.8. The number of nitrogens with zero attached hydrogens (tertiary/aromatic N) is 2. The molecule has 0 fully saturated rings. The van der Waals surface area contributed by atoms with E-state index >= 15 is 0 Å². The van der Waals surface area contributed by atoms with Crippen molar-refractivity contribution in [3.8, 4) is 0 Å². The smallest absolute Gasteiger partial charge is 0.322 e. The van der Waals surface area contributed by atoms with Crippen molar-refractivity contribution >= 4 is 34.1 Å². The molecule has 0 spiro atoms. The summed E-state index contributed by atoms with van der Waals surface area (Å²) in [5.41, 5.74) is 0.184. The van der Waals surface area contributed by atoms with Gasteiger partial charge in [-0.25, -0.2) is 18.6 Å². The molecule has 2 aromatic heterocycles. The minimum atomic E-state index is -1.22. The molecule has 9 heteroatoms. The molecule has 0 saturated heterocycles. The zero-order valence-electron chi connectivity index (χ0n) is 14.4.